The molecule has 7 nitrogen and oxygen atoms in total. The first-order chi connectivity index (χ1) is 15.5. The molecular formula is C25H44Cl2N2O5. The van der Waals surface area contributed by atoms with Crippen LogP contribution in [0.4, 0.5) is 0 Å². The second-order valence-electron chi connectivity index (χ2n) is 9.46. The summed E-state index contributed by atoms with van der Waals surface area (Å²) in [6.07, 6.45) is 5.91. The summed E-state index contributed by atoms with van der Waals surface area (Å²) in [5.41, 5.74) is 1.14. The number of benzene rings is 1. The van der Waals surface area contributed by atoms with Gasteiger partial charge in [0.25, 0.3) is 0 Å². The van der Waals surface area contributed by atoms with Gasteiger partial charge in [0, 0.05) is 31.7 Å². The predicted molar refractivity (Wildman–Crippen MR) is 140 cm³/mol. The highest BCUT2D eigenvalue weighted by atomic mass is 35.5. The summed E-state index contributed by atoms with van der Waals surface area (Å²) in [6.45, 7) is 7.23. The molecule has 3 rings (SSSR count). The van der Waals surface area contributed by atoms with Gasteiger partial charge in [-0.25, -0.2) is 0 Å². The van der Waals surface area contributed by atoms with E-state index in [0.717, 1.165) is 44.3 Å². The van der Waals surface area contributed by atoms with Crippen LogP contribution in [-0.4, -0.2) is 85.5 Å². The van der Waals surface area contributed by atoms with Gasteiger partial charge in [0.1, 0.15) is 12.7 Å². The van der Waals surface area contributed by atoms with Crippen LogP contribution in [0.1, 0.15) is 51.5 Å². The Hall–Kier alpha value is -0.800. The van der Waals surface area contributed by atoms with E-state index in [-0.39, 0.29) is 43.6 Å². The zero-order valence-corrected chi connectivity index (χ0v) is 22.4. The van der Waals surface area contributed by atoms with Crippen molar-refractivity contribution in [3.05, 3.63) is 23.8 Å². The van der Waals surface area contributed by atoms with E-state index in [1.54, 1.807) is 7.11 Å². The van der Waals surface area contributed by atoms with E-state index in [0.29, 0.717) is 36.7 Å². The first-order valence-electron chi connectivity index (χ1n) is 12.2. The Kier molecular flexibility index (Phi) is 14.7. The topological polar surface area (TPSA) is 83.4 Å². The molecule has 0 spiro atoms. The Morgan fingerprint density at radius 1 is 1.12 bits per heavy atom. The number of methoxy groups -OCH3 is 1. The van der Waals surface area contributed by atoms with Crippen molar-refractivity contribution < 1.29 is 24.4 Å². The molecule has 0 aromatic heterocycles. The average Bonchev–Trinajstić information content (AvgIpc) is 3.23. The van der Waals surface area contributed by atoms with Gasteiger partial charge in [-0.15, -0.1) is 24.8 Å². The summed E-state index contributed by atoms with van der Waals surface area (Å²) < 4.78 is 17.6. The molecule has 0 radical (unpaired) electrons. The zero-order chi connectivity index (χ0) is 22.9. The van der Waals surface area contributed by atoms with Gasteiger partial charge >= 0.3 is 0 Å². The van der Waals surface area contributed by atoms with Gasteiger partial charge in [-0.3, -0.25) is 4.90 Å². The van der Waals surface area contributed by atoms with Crippen LogP contribution < -0.4 is 14.8 Å². The lowest BCUT2D eigenvalue weighted by atomic mass is 9.91. The van der Waals surface area contributed by atoms with Crippen molar-refractivity contribution in [1.82, 2.24) is 10.2 Å². The monoisotopic (exact) mass is 522 g/mol. The zero-order valence-electron chi connectivity index (χ0n) is 20.8. The van der Waals surface area contributed by atoms with Gasteiger partial charge in [0.2, 0.25) is 0 Å². The maximum atomic E-state index is 10.1. The fourth-order valence-electron chi connectivity index (χ4n) is 4.69. The molecule has 4 atom stereocenters. The van der Waals surface area contributed by atoms with Gasteiger partial charge in [-0.1, -0.05) is 32.8 Å². The Morgan fingerprint density at radius 3 is 2.56 bits per heavy atom. The number of halogens is 2. The van der Waals surface area contributed by atoms with E-state index in [4.69, 9.17) is 14.2 Å². The number of hydrogen-bond donors (Lipinski definition) is 3. The smallest absolute Gasteiger partial charge is 0.161 e. The van der Waals surface area contributed by atoms with Crippen molar-refractivity contribution in [3.8, 4) is 11.5 Å². The molecule has 1 aliphatic heterocycles. The van der Waals surface area contributed by atoms with Crippen molar-refractivity contribution in [1.29, 1.82) is 0 Å². The molecule has 2 fully saturated rings. The summed E-state index contributed by atoms with van der Waals surface area (Å²) >= 11 is 0. The lowest BCUT2D eigenvalue weighted by Gasteiger charge is -2.37. The minimum absolute atomic E-state index is 0. The van der Waals surface area contributed by atoms with Gasteiger partial charge in [0.05, 0.1) is 25.9 Å². The molecule has 1 aromatic rings. The molecule has 3 N–H and O–H groups in total. The van der Waals surface area contributed by atoms with E-state index >= 15 is 0 Å². The Labute approximate surface area is 217 Å². The van der Waals surface area contributed by atoms with E-state index in [9.17, 15) is 10.2 Å². The third-order valence-electron chi connectivity index (χ3n) is 6.48. The lowest BCUT2D eigenvalue weighted by molar-refractivity contribution is -0.0316. The fourth-order valence-corrected chi connectivity index (χ4v) is 4.69. The van der Waals surface area contributed by atoms with Gasteiger partial charge in [-0.2, -0.15) is 0 Å². The van der Waals surface area contributed by atoms with Crippen molar-refractivity contribution in [2.24, 2.45) is 0 Å². The average molecular weight is 524 g/mol. The van der Waals surface area contributed by atoms with Crippen LogP contribution >= 0.6 is 24.8 Å². The molecule has 1 saturated heterocycles. The SMILES string of the molecule is COc1cc(CCO[C@H]2CCCC[C@H]2N2CC[C@@H](O)C2)ccc1OCC(O)CNC(C)C.Cl.Cl. The minimum atomic E-state index is -0.574. The normalized spacial score (nSPS) is 23.8. The first kappa shape index (κ1) is 31.2. The van der Waals surface area contributed by atoms with Gasteiger partial charge < -0.3 is 29.7 Å². The molecule has 1 unspecified atom stereocenters. The Bertz CT molecular complexity index is 697. The third-order valence-corrected chi connectivity index (χ3v) is 6.48. The van der Waals surface area contributed by atoms with Crippen LogP contribution in [-0.2, 0) is 11.2 Å². The summed E-state index contributed by atoms with van der Waals surface area (Å²) in [4.78, 5) is 2.43. The summed E-state index contributed by atoms with van der Waals surface area (Å²) in [7, 11) is 1.64. The number of nitrogens with one attached hydrogen (secondary N) is 1. The maximum absolute atomic E-state index is 10.1. The molecule has 198 valence electrons. The van der Waals surface area contributed by atoms with Crippen LogP contribution in [0.25, 0.3) is 0 Å². The molecular weight excluding hydrogens is 479 g/mol. The van der Waals surface area contributed by atoms with E-state index in [1.165, 1.54) is 12.8 Å². The second-order valence-corrected chi connectivity index (χ2v) is 9.46. The minimum Gasteiger partial charge on any atom is -0.493 e. The predicted octanol–water partition coefficient (Wildman–Crippen LogP) is 3.21. The van der Waals surface area contributed by atoms with Crippen LogP contribution in [0.15, 0.2) is 18.2 Å². The molecule has 9 heteroatoms. The van der Waals surface area contributed by atoms with Crippen molar-refractivity contribution in [2.45, 2.75) is 82.8 Å². The molecule has 1 aliphatic carbocycles. The van der Waals surface area contributed by atoms with Gasteiger partial charge in [0.15, 0.2) is 11.5 Å². The number of likely N-dealkylation sites (tertiary alicyclic amines) is 1. The molecule has 2 aliphatic rings. The standard InChI is InChI=1S/C25H42N2O5.2ClH/c1-18(2)26-15-21(29)17-32-24-9-8-19(14-25(24)30-3)11-13-31-23-7-5-4-6-22(23)27-12-10-20(28)16-27;;/h8-9,14,18,20-23,26,28-29H,4-7,10-13,15-17H2,1-3H3;2*1H/t20-,21?,22-,23+;;/m1../s1. The maximum Gasteiger partial charge on any atom is 0.161 e. The van der Waals surface area contributed by atoms with Crippen molar-refractivity contribution in [3.63, 3.8) is 0 Å². The quantitative estimate of drug-likeness (QED) is 0.388. The number of nitrogens with zero attached hydrogens (tertiary/aromatic N) is 1. The van der Waals surface area contributed by atoms with E-state index in [2.05, 4.69) is 10.2 Å². The Balaban J connectivity index is 0.00000289. The Morgan fingerprint density at radius 2 is 1.88 bits per heavy atom. The van der Waals surface area contributed by atoms with E-state index < -0.39 is 6.10 Å². The highest BCUT2D eigenvalue weighted by Crippen LogP contribution is 2.30. The number of hydrogen-bond acceptors (Lipinski definition) is 7. The molecule has 1 heterocycles. The van der Waals surface area contributed by atoms with Gasteiger partial charge in [-0.05, 0) is 43.4 Å². The highest BCUT2D eigenvalue weighted by Gasteiger charge is 2.34. The molecule has 0 bridgehead atoms. The van der Waals surface area contributed by atoms with Crippen LogP contribution in [0.3, 0.4) is 0 Å². The van der Waals surface area contributed by atoms with Crippen LogP contribution in [0.5, 0.6) is 11.5 Å². The number of aliphatic hydroxyl groups excluding tert-OH is 2. The number of aliphatic hydroxyl groups is 2. The lowest BCUT2D eigenvalue weighted by Crippen LogP contribution is -2.46. The van der Waals surface area contributed by atoms with Crippen molar-refractivity contribution >= 4 is 24.8 Å². The summed E-state index contributed by atoms with van der Waals surface area (Å²) in [5, 5.41) is 23.2. The van der Waals surface area contributed by atoms with Crippen LogP contribution in [0.2, 0.25) is 0 Å². The third kappa shape index (κ3) is 9.69. The second kappa shape index (κ2) is 16.0. The molecule has 1 aromatic carbocycles. The summed E-state index contributed by atoms with van der Waals surface area (Å²) in [5.74, 6) is 1.31. The number of β-amino-alcohol motifs (C(OH)–C–C–N with tert-alkyl or cyclic N) is 1. The first-order valence-corrected chi connectivity index (χ1v) is 12.2. The van der Waals surface area contributed by atoms with Crippen molar-refractivity contribution in [2.75, 3.05) is 40.0 Å². The molecule has 34 heavy (non-hydrogen) atoms. The largest absolute Gasteiger partial charge is 0.493 e. The molecule has 0 amide bonds. The number of ether oxygens (including phenoxy) is 3. The number of rotatable bonds is 12. The van der Waals surface area contributed by atoms with Crippen LogP contribution in [0, 0.1) is 0 Å². The molecule has 1 saturated carbocycles. The van der Waals surface area contributed by atoms with E-state index in [1.807, 2.05) is 32.0 Å². The summed E-state index contributed by atoms with van der Waals surface area (Å²) in [6, 6.07) is 6.70. The highest BCUT2D eigenvalue weighted by molar-refractivity contribution is 5.85. The fraction of sp³-hybridized carbons (Fsp3) is 0.760.